The van der Waals surface area contributed by atoms with E-state index in [-0.39, 0.29) is 28.8 Å². The molecule has 122 valence electrons. The van der Waals surface area contributed by atoms with Gasteiger partial charge >= 0.3 is 5.97 Å². The molecule has 2 amide bonds. The standard InChI is InChI=1S/C15H13Cl2NO5/c1-3-23-15(22)12(7(2)19)14(21)18-6-8-4-10(16)11(17)5-9(8)13(18)20/h4-5,12H,3,6H2,1-2H3. The third-order valence-corrected chi connectivity index (χ3v) is 4.11. The number of carbonyl (C=O) groups excluding carboxylic acids is 4. The first-order chi connectivity index (χ1) is 10.8. The maximum atomic E-state index is 12.5. The molecule has 8 heteroatoms. The van der Waals surface area contributed by atoms with Crippen LogP contribution in [0.3, 0.4) is 0 Å². The molecule has 1 aromatic rings. The first-order valence-electron chi connectivity index (χ1n) is 6.78. The first-order valence-corrected chi connectivity index (χ1v) is 7.54. The molecule has 0 radical (unpaired) electrons. The molecule has 2 rings (SSSR count). The number of rotatable bonds is 4. The van der Waals surface area contributed by atoms with E-state index in [9.17, 15) is 19.2 Å². The minimum Gasteiger partial charge on any atom is -0.465 e. The summed E-state index contributed by atoms with van der Waals surface area (Å²) in [7, 11) is 0. The first kappa shape index (κ1) is 17.4. The molecule has 1 aromatic carbocycles. The molecule has 1 heterocycles. The summed E-state index contributed by atoms with van der Waals surface area (Å²) in [6.07, 6.45) is 0. The Bertz CT molecular complexity index is 716. The number of hydrogen-bond acceptors (Lipinski definition) is 5. The van der Waals surface area contributed by atoms with Crippen molar-refractivity contribution in [2.24, 2.45) is 5.92 Å². The molecule has 1 unspecified atom stereocenters. The molecule has 1 aliphatic rings. The third kappa shape index (κ3) is 3.23. The zero-order valence-corrected chi connectivity index (χ0v) is 13.9. The van der Waals surface area contributed by atoms with E-state index < -0.39 is 29.5 Å². The minimum atomic E-state index is -1.65. The van der Waals surface area contributed by atoms with Gasteiger partial charge in [-0.2, -0.15) is 0 Å². The van der Waals surface area contributed by atoms with E-state index in [4.69, 9.17) is 27.9 Å². The normalized spacial score (nSPS) is 14.4. The van der Waals surface area contributed by atoms with Crippen molar-refractivity contribution in [3.8, 4) is 0 Å². The fourth-order valence-corrected chi connectivity index (χ4v) is 2.66. The number of ketones is 1. The highest BCUT2D eigenvalue weighted by atomic mass is 35.5. The Hall–Kier alpha value is -1.92. The smallest absolute Gasteiger partial charge is 0.326 e. The van der Waals surface area contributed by atoms with Gasteiger partial charge in [0, 0.05) is 5.56 Å². The second-order valence-electron chi connectivity index (χ2n) is 4.95. The Labute approximate surface area is 142 Å². The highest BCUT2D eigenvalue weighted by molar-refractivity contribution is 6.42. The summed E-state index contributed by atoms with van der Waals surface area (Å²) in [5.41, 5.74) is 0.725. The Kier molecular flexibility index (Phi) is 5.06. The molecule has 0 aromatic heterocycles. The second-order valence-corrected chi connectivity index (χ2v) is 5.76. The lowest BCUT2D eigenvalue weighted by atomic mass is 10.0. The van der Waals surface area contributed by atoms with Gasteiger partial charge in [0.05, 0.1) is 23.2 Å². The summed E-state index contributed by atoms with van der Waals surface area (Å²) in [5, 5.41) is 0.433. The van der Waals surface area contributed by atoms with Gasteiger partial charge in [-0.3, -0.25) is 24.1 Å². The maximum absolute atomic E-state index is 12.5. The van der Waals surface area contributed by atoms with Crippen molar-refractivity contribution in [2.75, 3.05) is 6.61 Å². The van der Waals surface area contributed by atoms with Crippen LogP contribution in [-0.4, -0.2) is 35.1 Å². The lowest BCUT2D eigenvalue weighted by Crippen LogP contribution is -2.43. The molecule has 1 aliphatic heterocycles. The SMILES string of the molecule is CCOC(=O)C(C(C)=O)C(=O)N1Cc2cc(Cl)c(Cl)cc2C1=O. The van der Waals surface area contributed by atoms with Gasteiger partial charge in [0.25, 0.3) is 11.8 Å². The number of esters is 1. The quantitative estimate of drug-likeness (QED) is 0.609. The van der Waals surface area contributed by atoms with Crippen LogP contribution in [0.2, 0.25) is 10.0 Å². The van der Waals surface area contributed by atoms with E-state index in [0.717, 1.165) is 11.8 Å². The number of nitrogens with zero attached hydrogens (tertiary/aromatic N) is 1. The Balaban J connectivity index is 2.32. The van der Waals surface area contributed by atoms with Crippen molar-refractivity contribution in [1.29, 1.82) is 0 Å². The van der Waals surface area contributed by atoms with Gasteiger partial charge in [-0.15, -0.1) is 0 Å². The number of Topliss-reactive ketones (excluding diaryl/α,β-unsaturated/α-hetero) is 1. The predicted octanol–water partition coefficient (Wildman–Crippen LogP) is 2.24. The summed E-state index contributed by atoms with van der Waals surface area (Å²) >= 11 is 11.8. The Morgan fingerprint density at radius 2 is 1.87 bits per heavy atom. The van der Waals surface area contributed by atoms with Gasteiger partial charge in [0.2, 0.25) is 0 Å². The van der Waals surface area contributed by atoms with Crippen molar-refractivity contribution >= 4 is 46.8 Å². The second kappa shape index (κ2) is 6.68. The summed E-state index contributed by atoms with van der Waals surface area (Å²) in [4.78, 5) is 49.1. The number of amides is 2. The minimum absolute atomic E-state index is 0.0231. The van der Waals surface area contributed by atoms with E-state index in [1.165, 1.54) is 12.1 Å². The largest absolute Gasteiger partial charge is 0.465 e. The van der Waals surface area contributed by atoms with Crippen LogP contribution >= 0.6 is 23.2 Å². The summed E-state index contributed by atoms with van der Waals surface area (Å²) in [6, 6.07) is 2.85. The van der Waals surface area contributed by atoms with E-state index in [2.05, 4.69) is 0 Å². The highest BCUT2D eigenvalue weighted by Crippen LogP contribution is 2.32. The topological polar surface area (TPSA) is 80.8 Å². The maximum Gasteiger partial charge on any atom is 0.326 e. The number of imide groups is 1. The zero-order valence-electron chi connectivity index (χ0n) is 12.4. The van der Waals surface area contributed by atoms with E-state index in [0.29, 0.717) is 5.56 Å². The summed E-state index contributed by atoms with van der Waals surface area (Å²) in [6.45, 7) is 2.60. The van der Waals surface area contributed by atoms with Crippen LogP contribution in [0, 0.1) is 5.92 Å². The van der Waals surface area contributed by atoms with Crippen LogP contribution in [-0.2, 0) is 25.7 Å². The van der Waals surface area contributed by atoms with Crippen molar-refractivity contribution in [3.05, 3.63) is 33.3 Å². The number of halogens is 2. The molecule has 1 atom stereocenters. The van der Waals surface area contributed by atoms with Gasteiger partial charge in [-0.1, -0.05) is 23.2 Å². The number of ether oxygens (including phenoxy) is 1. The van der Waals surface area contributed by atoms with Crippen molar-refractivity contribution in [3.63, 3.8) is 0 Å². The summed E-state index contributed by atoms with van der Waals surface area (Å²) in [5.74, 6) is -4.85. The average molecular weight is 358 g/mol. The lowest BCUT2D eigenvalue weighted by molar-refractivity contribution is -0.157. The zero-order chi connectivity index (χ0) is 17.3. The number of hydrogen-bond donors (Lipinski definition) is 0. The fourth-order valence-electron chi connectivity index (χ4n) is 2.31. The van der Waals surface area contributed by atoms with E-state index in [1.807, 2.05) is 0 Å². The van der Waals surface area contributed by atoms with Gasteiger partial charge < -0.3 is 4.74 Å². The summed E-state index contributed by atoms with van der Waals surface area (Å²) < 4.78 is 4.74. The van der Waals surface area contributed by atoms with Crippen molar-refractivity contribution in [2.45, 2.75) is 20.4 Å². The number of carbonyl (C=O) groups is 4. The van der Waals surface area contributed by atoms with Crippen LogP contribution in [0.5, 0.6) is 0 Å². The van der Waals surface area contributed by atoms with Crippen LogP contribution in [0.15, 0.2) is 12.1 Å². The molecule has 0 bridgehead atoms. The van der Waals surface area contributed by atoms with Gasteiger partial charge in [0.1, 0.15) is 0 Å². The van der Waals surface area contributed by atoms with Gasteiger partial charge in [0.15, 0.2) is 11.7 Å². The lowest BCUT2D eigenvalue weighted by Gasteiger charge is -2.18. The number of fused-ring (bicyclic) bond motifs is 1. The fraction of sp³-hybridized carbons (Fsp3) is 0.333. The van der Waals surface area contributed by atoms with Gasteiger partial charge in [-0.05, 0) is 31.5 Å². The molecule has 0 saturated heterocycles. The molecule has 0 aliphatic carbocycles. The molecule has 23 heavy (non-hydrogen) atoms. The van der Waals surface area contributed by atoms with Crippen LogP contribution in [0.1, 0.15) is 29.8 Å². The highest BCUT2D eigenvalue weighted by Gasteiger charge is 2.41. The molecule has 0 fully saturated rings. The van der Waals surface area contributed by atoms with E-state index >= 15 is 0 Å². The third-order valence-electron chi connectivity index (χ3n) is 3.39. The number of benzene rings is 1. The van der Waals surface area contributed by atoms with Crippen LogP contribution < -0.4 is 0 Å². The molecule has 0 saturated carbocycles. The molecule has 0 N–H and O–H groups in total. The van der Waals surface area contributed by atoms with Crippen LogP contribution in [0.4, 0.5) is 0 Å². The molecular formula is C15H13Cl2NO5. The van der Waals surface area contributed by atoms with E-state index in [1.54, 1.807) is 6.92 Å². The van der Waals surface area contributed by atoms with Crippen LogP contribution in [0.25, 0.3) is 0 Å². The van der Waals surface area contributed by atoms with Crippen molar-refractivity contribution in [1.82, 2.24) is 4.90 Å². The molecule has 0 spiro atoms. The van der Waals surface area contributed by atoms with Crippen molar-refractivity contribution < 1.29 is 23.9 Å². The Morgan fingerprint density at radius 3 is 2.43 bits per heavy atom. The average Bonchev–Trinajstić information content (AvgIpc) is 2.76. The van der Waals surface area contributed by atoms with Gasteiger partial charge in [-0.25, -0.2) is 0 Å². The Morgan fingerprint density at radius 1 is 1.26 bits per heavy atom. The molecule has 6 nitrogen and oxygen atoms in total. The predicted molar refractivity (Wildman–Crippen MR) is 82.1 cm³/mol. The monoisotopic (exact) mass is 357 g/mol. The molecular weight excluding hydrogens is 345 g/mol.